The Morgan fingerprint density at radius 3 is 2.79 bits per heavy atom. The van der Waals surface area contributed by atoms with E-state index in [1.807, 2.05) is 49.4 Å². The van der Waals surface area contributed by atoms with Gasteiger partial charge in [-0.25, -0.2) is 4.79 Å². The second-order valence-electron chi connectivity index (χ2n) is 5.73. The van der Waals surface area contributed by atoms with Gasteiger partial charge in [0.05, 0.1) is 6.04 Å². The summed E-state index contributed by atoms with van der Waals surface area (Å²) >= 11 is 6.14. The van der Waals surface area contributed by atoms with Gasteiger partial charge < -0.3 is 19.7 Å². The summed E-state index contributed by atoms with van der Waals surface area (Å²) in [4.78, 5) is 14.0. The normalized spacial score (nSPS) is 13.5. The van der Waals surface area contributed by atoms with E-state index in [9.17, 15) is 4.79 Å². The number of ether oxygens (including phenoxy) is 2. The number of benzene rings is 2. The summed E-state index contributed by atoms with van der Waals surface area (Å²) in [7, 11) is 1.74. The van der Waals surface area contributed by atoms with E-state index in [1.165, 1.54) is 0 Å². The minimum atomic E-state index is -0.167. The highest BCUT2D eigenvalue weighted by molar-refractivity contribution is 6.31. The minimum absolute atomic E-state index is 0.152. The van der Waals surface area contributed by atoms with Crippen LogP contribution in [0.15, 0.2) is 42.5 Å². The summed E-state index contributed by atoms with van der Waals surface area (Å²) in [5.41, 5.74) is 1.87. The Hall–Kier alpha value is -2.40. The third-order valence-corrected chi connectivity index (χ3v) is 4.32. The summed E-state index contributed by atoms with van der Waals surface area (Å²) in [5, 5.41) is 3.63. The first-order valence-electron chi connectivity index (χ1n) is 7.69. The van der Waals surface area contributed by atoms with Crippen LogP contribution in [0.5, 0.6) is 11.5 Å². The van der Waals surface area contributed by atoms with Crippen molar-refractivity contribution in [2.45, 2.75) is 19.5 Å². The second-order valence-corrected chi connectivity index (χ2v) is 6.14. The Morgan fingerprint density at radius 1 is 1.25 bits per heavy atom. The molecule has 1 aliphatic rings. The van der Waals surface area contributed by atoms with Crippen molar-refractivity contribution in [3.63, 3.8) is 0 Å². The van der Waals surface area contributed by atoms with Crippen molar-refractivity contribution in [1.29, 1.82) is 0 Å². The Bertz CT molecular complexity index is 751. The average Bonchev–Trinajstić information content (AvgIpc) is 3.04. The van der Waals surface area contributed by atoms with Crippen LogP contribution in [-0.2, 0) is 6.54 Å². The largest absolute Gasteiger partial charge is 0.454 e. The first-order valence-corrected chi connectivity index (χ1v) is 8.07. The average molecular weight is 347 g/mol. The molecule has 3 rings (SSSR count). The van der Waals surface area contributed by atoms with E-state index in [1.54, 1.807) is 11.9 Å². The predicted octanol–water partition coefficient (Wildman–Crippen LogP) is 3.97. The molecule has 5 nitrogen and oxygen atoms in total. The number of rotatable bonds is 4. The monoisotopic (exact) mass is 346 g/mol. The third-order valence-electron chi connectivity index (χ3n) is 3.95. The van der Waals surface area contributed by atoms with E-state index in [4.69, 9.17) is 21.1 Å². The van der Waals surface area contributed by atoms with Crippen LogP contribution in [0.3, 0.4) is 0 Å². The molecule has 2 amide bonds. The molecular weight excluding hydrogens is 328 g/mol. The van der Waals surface area contributed by atoms with Crippen LogP contribution < -0.4 is 14.8 Å². The predicted molar refractivity (Wildman–Crippen MR) is 92.4 cm³/mol. The SMILES string of the molecule is CC(NC(=O)N(C)Cc1ccccc1Cl)c1ccc2c(c1)OCO2. The highest BCUT2D eigenvalue weighted by atomic mass is 35.5. The summed E-state index contributed by atoms with van der Waals surface area (Å²) in [5.74, 6) is 1.44. The number of nitrogens with one attached hydrogen (secondary N) is 1. The van der Waals surface area contributed by atoms with E-state index in [0.717, 1.165) is 16.9 Å². The van der Waals surface area contributed by atoms with Crippen LogP contribution in [-0.4, -0.2) is 24.8 Å². The number of fused-ring (bicyclic) bond motifs is 1. The molecule has 1 unspecified atom stereocenters. The highest BCUT2D eigenvalue weighted by Gasteiger charge is 2.18. The van der Waals surface area contributed by atoms with Gasteiger partial charge in [0.15, 0.2) is 11.5 Å². The van der Waals surface area contributed by atoms with Gasteiger partial charge in [0.1, 0.15) is 0 Å². The van der Waals surface area contributed by atoms with Gasteiger partial charge in [0.2, 0.25) is 6.79 Å². The van der Waals surface area contributed by atoms with Crippen molar-refractivity contribution in [3.05, 3.63) is 58.6 Å². The van der Waals surface area contributed by atoms with Crippen LogP contribution in [0.4, 0.5) is 4.79 Å². The third kappa shape index (κ3) is 3.57. The maximum absolute atomic E-state index is 12.4. The molecule has 126 valence electrons. The molecule has 1 heterocycles. The molecular formula is C18H19ClN2O3. The molecule has 1 N–H and O–H groups in total. The van der Waals surface area contributed by atoms with Gasteiger partial charge in [-0.3, -0.25) is 0 Å². The van der Waals surface area contributed by atoms with Crippen molar-refractivity contribution < 1.29 is 14.3 Å². The molecule has 0 radical (unpaired) electrons. The van der Waals surface area contributed by atoms with Gasteiger partial charge in [-0.2, -0.15) is 0 Å². The number of carbonyl (C=O) groups is 1. The number of halogens is 1. The van der Waals surface area contributed by atoms with Crippen LogP contribution in [0.2, 0.25) is 5.02 Å². The van der Waals surface area contributed by atoms with Crippen molar-refractivity contribution in [2.75, 3.05) is 13.8 Å². The van der Waals surface area contributed by atoms with Crippen LogP contribution in [0, 0.1) is 0 Å². The fourth-order valence-corrected chi connectivity index (χ4v) is 2.71. The van der Waals surface area contributed by atoms with Crippen molar-refractivity contribution in [3.8, 4) is 11.5 Å². The summed E-state index contributed by atoms with van der Waals surface area (Å²) in [6.45, 7) is 2.61. The van der Waals surface area contributed by atoms with E-state index >= 15 is 0 Å². The molecule has 1 aliphatic heterocycles. The Kier molecular flexibility index (Phi) is 4.81. The fourth-order valence-electron chi connectivity index (χ4n) is 2.52. The van der Waals surface area contributed by atoms with Crippen LogP contribution >= 0.6 is 11.6 Å². The zero-order chi connectivity index (χ0) is 17.1. The summed E-state index contributed by atoms with van der Waals surface area (Å²) < 4.78 is 10.7. The molecule has 0 spiro atoms. The number of amides is 2. The molecule has 1 atom stereocenters. The second kappa shape index (κ2) is 7.01. The number of nitrogens with zero attached hydrogens (tertiary/aromatic N) is 1. The van der Waals surface area contributed by atoms with Gasteiger partial charge >= 0.3 is 6.03 Å². The summed E-state index contributed by atoms with van der Waals surface area (Å²) in [6.07, 6.45) is 0. The Balaban J connectivity index is 1.62. The Morgan fingerprint density at radius 2 is 2.00 bits per heavy atom. The first-order chi connectivity index (χ1) is 11.5. The maximum Gasteiger partial charge on any atom is 0.317 e. The minimum Gasteiger partial charge on any atom is -0.454 e. The van der Waals surface area contributed by atoms with Gasteiger partial charge in [-0.1, -0.05) is 35.9 Å². The lowest BCUT2D eigenvalue weighted by Gasteiger charge is -2.22. The quantitative estimate of drug-likeness (QED) is 0.911. The molecule has 0 saturated carbocycles. The molecule has 24 heavy (non-hydrogen) atoms. The molecule has 0 saturated heterocycles. The van der Waals surface area contributed by atoms with Crippen LogP contribution in [0.1, 0.15) is 24.1 Å². The summed E-state index contributed by atoms with van der Waals surface area (Å²) in [6, 6.07) is 12.9. The molecule has 0 aromatic heterocycles. The molecule has 2 aromatic carbocycles. The number of urea groups is 1. The van der Waals surface area contributed by atoms with Crippen molar-refractivity contribution in [2.24, 2.45) is 0 Å². The van der Waals surface area contributed by atoms with Gasteiger partial charge in [0, 0.05) is 18.6 Å². The number of hydrogen-bond acceptors (Lipinski definition) is 3. The smallest absolute Gasteiger partial charge is 0.317 e. The lowest BCUT2D eigenvalue weighted by molar-refractivity contribution is 0.174. The standard InChI is InChI=1S/C18H19ClN2O3/c1-12(13-7-8-16-17(9-13)24-11-23-16)20-18(22)21(2)10-14-5-3-4-6-15(14)19/h3-9,12H,10-11H2,1-2H3,(H,20,22). The zero-order valence-electron chi connectivity index (χ0n) is 13.6. The zero-order valence-corrected chi connectivity index (χ0v) is 14.3. The number of carbonyl (C=O) groups excluding carboxylic acids is 1. The molecule has 0 bridgehead atoms. The Labute approximate surface area is 146 Å². The van der Waals surface area contributed by atoms with Crippen molar-refractivity contribution in [1.82, 2.24) is 10.2 Å². The van der Waals surface area contributed by atoms with Gasteiger partial charge in [-0.15, -0.1) is 0 Å². The van der Waals surface area contributed by atoms with E-state index < -0.39 is 0 Å². The molecule has 0 aliphatic carbocycles. The van der Waals surface area contributed by atoms with E-state index in [-0.39, 0.29) is 18.9 Å². The van der Waals surface area contributed by atoms with Gasteiger partial charge in [-0.05, 0) is 36.2 Å². The lowest BCUT2D eigenvalue weighted by Crippen LogP contribution is -2.38. The molecule has 2 aromatic rings. The number of hydrogen-bond donors (Lipinski definition) is 1. The lowest BCUT2D eigenvalue weighted by atomic mass is 10.1. The molecule has 0 fully saturated rings. The fraction of sp³-hybridized carbons (Fsp3) is 0.278. The topological polar surface area (TPSA) is 50.8 Å². The molecule has 6 heteroatoms. The van der Waals surface area contributed by atoms with Gasteiger partial charge in [0.25, 0.3) is 0 Å². The highest BCUT2D eigenvalue weighted by Crippen LogP contribution is 2.34. The van der Waals surface area contributed by atoms with E-state index in [2.05, 4.69) is 5.32 Å². The van der Waals surface area contributed by atoms with Crippen LogP contribution in [0.25, 0.3) is 0 Å². The first kappa shape index (κ1) is 16.5. The maximum atomic E-state index is 12.4. The van der Waals surface area contributed by atoms with E-state index in [0.29, 0.717) is 17.3 Å². The van der Waals surface area contributed by atoms with Crippen molar-refractivity contribution >= 4 is 17.6 Å².